The van der Waals surface area contributed by atoms with E-state index in [1.54, 1.807) is 0 Å². The second kappa shape index (κ2) is 4.93. The lowest BCUT2D eigenvalue weighted by Gasteiger charge is -1.85. The van der Waals surface area contributed by atoms with Crippen molar-refractivity contribution in [1.29, 1.82) is 5.41 Å². The van der Waals surface area contributed by atoms with Crippen LogP contribution in [-0.2, 0) is 10.4 Å². The zero-order valence-electron chi connectivity index (χ0n) is 4.77. The molecule has 0 saturated carbocycles. The fraction of sp³-hybridized carbons (Fsp3) is 0. The van der Waals surface area contributed by atoms with Crippen molar-refractivity contribution in [1.82, 2.24) is 5.43 Å². The predicted octanol–water partition coefficient (Wildman–Crippen LogP) is -2.31. The lowest BCUT2D eigenvalue weighted by molar-refractivity contribution is 0.381. The molecule has 0 aliphatic carbocycles. The molecule has 0 fully saturated rings. The minimum absolute atomic E-state index is 0.218. The molecule has 0 aliphatic rings. The number of hydrazine groups is 1. The lowest BCUT2D eigenvalue weighted by Crippen LogP contribution is -2.35. The maximum atomic E-state index is 8.74. The quantitative estimate of drug-likeness (QED) is 0.0785. The number of hydrogen-bond donors (Lipinski definition) is 6. The first-order valence-corrected chi connectivity index (χ1v) is 3.17. The predicted molar refractivity (Wildman–Crippen MR) is 33.4 cm³/mol. The summed E-state index contributed by atoms with van der Waals surface area (Å²) in [6, 6.07) is 0. The van der Waals surface area contributed by atoms with E-state index < -0.39 is 10.4 Å². The molecule has 0 aliphatic heterocycles. The average molecular weight is 172 g/mol. The van der Waals surface area contributed by atoms with E-state index >= 15 is 0 Å². The van der Waals surface area contributed by atoms with Crippen molar-refractivity contribution in [2.24, 2.45) is 11.6 Å². The smallest absolute Gasteiger partial charge is 0.369 e. The van der Waals surface area contributed by atoms with Crippen LogP contribution in [0, 0.1) is 5.41 Å². The molecule has 0 amide bonds. The summed E-state index contributed by atoms with van der Waals surface area (Å²) in [5, 5.41) is 6.28. The van der Waals surface area contributed by atoms with Crippen molar-refractivity contribution in [3.05, 3.63) is 0 Å². The van der Waals surface area contributed by atoms with Gasteiger partial charge in [0.1, 0.15) is 0 Å². The minimum atomic E-state index is -4.67. The van der Waals surface area contributed by atoms with Crippen molar-refractivity contribution < 1.29 is 17.5 Å². The van der Waals surface area contributed by atoms with Crippen LogP contribution in [0.25, 0.3) is 0 Å². The Hall–Kier alpha value is -0.900. The van der Waals surface area contributed by atoms with Crippen LogP contribution in [0.4, 0.5) is 0 Å². The number of hydrogen-bond acceptors (Lipinski definition) is 4. The highest BCUT2D eigenvalue weighted by Gasteiger charge is 1.84. The van der Waals surface area contributed by atoms with E-state index in [2.05, 4.69) is 11.6 Å². The fourth-order valence-corrected chi connectivity index (χ4v) is 0. The Bertz CT molecular complexity index is 175. The molecule has 0 aromatic carbocycles. The van der Waals surface area contributed by atoms with Gasteiger partial charge in [-0.15, -0.1) is 0 Å². The van der Waals surface area contributed by atoms with E-state index in [1.807, 2.05) is 5.43 Å². The Morgan fingerprint density at radius 2 is 1.60 bits per heavy atom. The standard InChI is InChI=1S/CH6N4.H2O4S/c2-1(3)5-4;1-5(2,3)4/h4H2,(H4,2,3,5);(H2,1,2,3,4). The molecule has 10 heavy (non-hydrogen) atoms. The monoisotopic (exact) mass is 172 g/mol. The molecule has 0 aromatic heterocycles. The topological polar surface area (TPSA) is 163 Å². The Balaban J connectivity index is 0. The van der Waals surface area contributed by atoms with Gasteiger partial charge in [-0.25, -0.2) is 5.84 Å². The SMILES string of the molecule is N=C(N)NN.O=S(=O)(O)O. The van der Waals surface area contributed by atoms with Crippen LogP contribution >= 0.6 is 0 Å². The van der Waals surface area contributed by atoms with Gasteiger partial charge < -0.3 is 5.73 Å². The summed E-state index contributed by atoms with van der Waals surface area (Å²) in [6.45, 7) is 0. The van der Waals surface area contributed by atoms with Gasteiger partial charge in [-0.2, -0.15) is 8.42 Å². The largest absolute Gasteiger partial charge is 0.394 e. The van der Waals surface area contributed by atoms with Gasteiger partial charge >= 0.3 is 10.4 Å². The van der Waals surface area contributed by atoms with Crippen molar-refractivity contribution in [3.8, 4) is 0 Å². The third-order valence-electron chi connectivity index (χ3n) is 0.156. The highest BCUT2D eigenvalue weighted by molar-refractivity contribution is 7.79. The van der Waals surface area contributed by atoms with Crippen molar-refractivity contribution in [3.63, 3.8) is 0 Å². The van der Waals surface area contributed by atoms with Crippen LogP contribution in [0.2, 0.25) is 0 Å². The van der Waals surface area contributed by atoms with E-state index in [0.29, 0.717) is 0 Å². The summed E-state index contributed by atoms with van der Waals surface area (Å²) < 4.78 is 31.6. The van der Waals surface area contributed by atoms with E-state index in [9.17, 15) is 0 Å². The first-order chi connectivity index (χ1) is 4.27. The molecule has 8 nitrogen and oxygen atoms in total. The normalized spacial score (nSPS) is 9.10. The van der Waals surface area contributed by atoms with Gasteiger partial charge in [-0.05, 0) is 0 Å². The summed E-state index contributed by atoms with van der Waals surface area (Å²) in [5.41, 5.74) is 6.53. The van der Waals surface area contributed by atoms with Crippen LogP contribution in [0.5, 0.6) is 0 Å². The number of nitrogens with one attached hydrogen (secondary N) is 2. The van der Waals surface area contributed by atoms with Crippen molar-refractivity contribution >= 4 is 16.4 Å². The minimum Gasteiger partial charge on any atom is -0.369 e. The lowest BCUT2D eigenvalue weighted by atomic mass is 11.1. The average Bonchev–Trinajstić information content (AvgIpc) is 1.61. The molecule has 0 heterocycles. The summed E-state index contributed by atoms with van der Waals surface area (Å²) in [5.74, 6) is 4.35. The first kappa shape index (κ1) is 11.8. The van der Waals surface area contributed by atoms with E-state index in [1.165, 1.54) is 0 Å². The number of nitrogens with two attached hydrogens (primary N) is 2. The highest BCUT2D eigenvalue weighted by atomic mass is 32.3. The Morgan fingerprint density at radius 3 is 1.60 bits per heavy atom. The van der Waals surface area contributed by atoms with Gasteiger partial charge in [0.25, 0.3) is 0 Å². The molecule has 0 bridgehead atoms. The maximum Gasteiger partial charge on any atom is 0.394 e. The molecule has 9 heteroatoms. The van der Waals surface area contributed by atoms with E-state index in [4.69, 9.17) is 22.9 Å². The van der Waals surface area contributed by atoms with E-state index in [0.717, 1.165) is 0 Å². The Kier molecular flexibility index (Phi) is 5.84. The molecule has 62 valence electrons. The second-order valence-electron chi connectivity index (χ2n) is 1.01. The fourth-order valence-electron chi connectivity index (χ4n) is 0. The Labute approximate surface area is 57.3 Å². The van der Waals surface area contributed by atoms with Gasteiger partial charge in [0.2, 0.25) is 0 Å². The number of guanidine groups is 1. The number of rotatable bonds is 0. The third-order valence-corrected chi connectivity index (χ3v) is 0.156. The summed E-state index contributed by atoms with van der Waals surface area (Å²) in [6.07, 6.45) is 0. The molecule has 0 atom stereocenters. The molecule has 0 radical (unpaired) electrons. The van der Waals surface area contributed by atoms with Gasteiger partial charge in [0, 0.05) is 0 Å². The molecule has 8 N–H and O–H groups in total. The van der Waals surface area contributed by atoms with Gasteiger partial charge in [0.05, 0.1) is 0 Å². The summed E-state index contributed by atoms with van der Waals surface area (Å²) in [4.78, 5) is 0. The molecule has 0 spiro atoms. The van der Waals surface area contributed by atoms with Gasteiger partial charge in [-0.3, -0.25) is 19.9 Å². The summed E-state index contributed by atoms with van der Waals surface area (Å²) in [7, 11) is -4.67. The van der Waals surface area contributed by atoms with Crippen LogP contribution in [0.3, 0.4) is 0 Å². The van der Waals surface area contributed by atoms with Gasteiger partial charge in [-0.1, -0.05) is 0 Å². The highest BCUT2D eigenvalue weighted by Crippen LogP contribution is 1.59. The van der Waals surface area contributed by atoms with Crippen LogP contribution < -0.4 is 17.0 Å². The molecule has 0 saturated heterocycles. The summed E-state index contributed by atoms with van der Waals surface area (Å²) >= 11 is 0. The maximum absolute atomic E-state index is 8.74. The zero-order chi connectivity index (χ0) is 8.78. The van der Waals surface area contributed by atoms with E-state index in [-0.39, 0.29) is 5.96 Å². The van der Waals surface area contributed by atoms with Gasteiger partial charge in [0.15, 0.2) is 5.96 Å². The Morgan fingerprint density at radius 1 is 1.50 bits per heavy atom. The molecular formula is CH8N4O4S. The first-order valence-electron chi connectivity index (χ1n) is 1.78. The molecule has 0 unspecified atom stereocenters. The van der Waals surface area contributed by atoms with Crippen molar-refractivity contribution in [2.75, 3.05) is 0 Å². The van der Waals surface area contributed by atoms with Crippen molar-refractivity contribution in [2.45, 2.75) is 0 Å². The molecular weight excluding hydrogens is 164 g/mol. The third kappa shape index (κ3) is 218. The van der Waals surface area contributed by atoms with Crippen LogP contribution in [0.15, 0.2) is 0 Å². The van der Waals surface area contributed by atoms with Crippen LogP contribution in [-0.4, -0.2) is 23.5 Å². The molecule has 0 aromatic rings. The molecule has 0 rings (SSSR count). The second-order valence-corrected chi connectivity index (χ2v) is 1.90. The zero-order valence-corrected chi connectivity index (χ0v) is 5.59. The van der Waals surface area contributed by atoms with Crippen LogP contribution in [0.1, 0.15) is 0 Å².